The van der Waals surface area contributed by atoms with Gasteiger partial charge >= 0.3 is 5.97 Å². The van der Waals surface area contributed by atoms with Gasteiger partial charge < -0.3 is 15.0 Å². The van der Waals surface area contributed by atoms with Gasteiger partial charge in [0.15, 0.2) is 0 Å². The maximum Gasteiger partial charge on any atom is 0.306 e. The number of piperidine rings is 1. The largest absolute Gasteiger partial charge is 0.481 e. The van der Waals surface area contributed by atoms with Crippen LogP contribution >= 0.6 is 15.9 Å². The fourth-order valence-corrected chi connectivity index (χ4v) is 3.39. The van der Waals surface area contributed by atoms with Gasteiger partial charge in [0.1, 0.15) is 0 Å². The van der Waals surface area contributed by atoms with Crippen molar-refractivity contribution < 1.29 is 14.7 Å². The minimum atomic E-state index is -0.817. The summed E-state index contributed by atoms with van der Waals surface area (Å²) in [6.45, 7) is 0.774. The number of hydrogen-bond acceptors (Lipinski definition) is 3. The number of rotatable bonds is 2. The maximum atomic E-state index is 12.8. The summed E-state index contributed by atoms with van der Waals surface area (Å²) in [7, 11) is 0. The zero-order valence-corrected chi connectivity index (χ0v) is 13.8. The topological polar surface area (TPSA) is 90.5 Å². The molecule has 2 N–H and O–H groups in total. The number of nitrogens with one attached hydrogen (secondary N) is 1. The lowest BCUT2D eigenvalue weighted by Gasteiger charge is -2.30. The Hall–Kier alpha value is -2.15. The number of amides is 1. The number of H-pyrrole nitrogens is 1. The molecule has 1 aliphatic heterocycles. The molecule has 3 rings (SSSR count). The normalized spacial score (nSPS) is 15.8. The van der Waals surface area contributed by atoms with E-state index in [1.165, 1.54) is 6.07 Å². The molecule has 0 saturated carbocycles. The van der Waals surface area contributed by atoms with Crippen LogP contribution in [0.3, 0.4) is 0 Å². The first-order valence-electron chi connectivity index (χ1n) is 7.31. The summed E-state index contributed by atoms with van der Waals surface area (Å²) in [6, 6.07) is 6.69. The zero-order valence-electron chi connectivity index (χ0n) is 12.2. The van der Waals surface area contributed by atoms with Crippen LogP contribution in [0.1, 0.15) is 23.2 Å². The Labute approximate surface area is 140 Å². The fourth-order valence-electron chi connectivity index (χ4n) is 2.92. The number of carbonyl (C=O) groups is 2. The number of benzene rings is 1. The number of nitrogens with zero attached hydrogens (tertiary/aromatic N) is 1. The van der Waals surface area contributed by atoms with Gasteiger partial charge in [0.2, 0.25) is 5.56 Å². The number of likely N-dealkylation sites (tertiary alicyclic amines) is 1. The number of aliphatic carboxylic acids is 1. The quantitative estimate of drug-likeness (QED) is 0.837. The van der Waals surface area contributed by atoms with Crippen LogP contribution in [0.4, 0.5) is 0 Å². The van der Waals surface area contributed by atoms with Crippen LogP contribution in [0.25, 0.3) is 10.9 Å². The third kappa shape index (κ3) is 3.01. The van der Waals surface area contributed by atoms with E-state index in [2.05, 4.69) is 20.9 Å². The molecule has 1 aromatic heterocycles. The number of aromatic amines is 1. The molecule has 1 fully saturated rings. The van der Waals surface area contributed by atoms with Crippen molar-refractivity contribution in [2.75, 3.05) is 13.1 Å². The van der Waals surface area contributed by atoms with Gasteiger partial charge in [-0.15, -0.1) is 0 Å². The van der Waals surface area contributed by atoms with Crippen LogP contribution in [0.15, 0.2) is 33.5 Å². The van der Waals surface area contributed by atoms with E-state index in [0.29, 0.717) is 46.9 Å². The molecule has 0 radical (unpaired) electrons. The van der Waals surface area contributed by atoms with Gasteiger partial charge in [-0.05, 0) is 34.8 Å². The summed E-state index contributed by atoms with van der Waals surface area (Å²) >= 11 is 3.37. The first-order chi connectivity index (χ1) is 11.0. The summed E-state index contributed by atoms with van der Waals surface area (Å²) in [6.07, 6.45) is 0.873. The van der Waals surface area contributed by atoms with E-state index in [9.17, 15) is 14.4 Å². The number of carboxylic acids is 1. The molecule has 2 aromatic rings. The third-order valence-corrected chi connectivity index (χ3v) is 4.85. The van der Waals surface area contributed by atoms with Crippen molar-refractivity contribution in [1.29, 1.82) is 0 Å². The molecule has 1 aromatic carbocycles. The van der Waals surface area contributed by atoms with Crippen molar-refractivity contribution in [3.8, 4) is 0 Å². The maximum absolute atomic E-state index is 12.8. The molecule has 0 spiro atoms. The molecule has 1 aliphatic rings. The lowest BCUT2D eigenvalue weighted by Crippen LogP contribution is -2.40. The highest BCUT2D eigenvalue weighted by Crippen LogP contribution is 2.25. The van der Waals surface area contributed by atoms with Crippen molar-refractivity contribution in [2.24, 2.45) is 5.92 Å². The zero-order chi connectivity index (χ0) is 16.6. The molecule has 1 saturated heterocycles. The molecule has 0 bridgehead atoms. The van der Waals surface area contributed by atoms with Crippen molar-refractivity contribution >= 4 is 38.7 Å². The molecule has 0 atom stereocenters. The molecular weight excluding hydrogens is 364 g/mol. The van der Waals surface area contributed by atoms with E-state index in [0.717, 1.165) is 0 Å². The Morgan fingerprint density at radius 2 is 1.96 bits per heavy atom. The van der Waals surface area contributed by atoms with Gasteiger partial charge in [0, 0.05) is 29.0 Å². The Morgan fingerprint density at radius 3 is 2.61 bits per heavy atom. The number of hydrogen-bond donors (Lipinski definition) is 2. The Balaban J connectivity index is 1.95. The van der Waals surface area contributed by atoms with Gasteiger partial charge in [-0.1, -0.05) is 12.1 Å². The highest BCUT2D eigenvalue weighted by atomic mass is 79.9. The van der Waals surface area contributed by atoms with Gasteiger partial charge in [-0.25, -0.2) is 0 Å². The number of pyridine rings is 1. The van der Waals surface area contributed by atoms with Crippen LogP contribution in [-0.2, 0) is 4.79 Å². The number of halogens is 1. The van der Waals surface area contributed by atoms with Crippen molar-refractivity contribution in [2.45, 2.75) is 12.8 Å². The summed E-state index contributed by atoms with van der Waals surface area (Å²) in [5.74, 6) is -1.45. The summed E-state index contributed by atoms with van der Waals surface area (Å²) in [4.78, 5) is 40.0. The van der Waals surface area contributed by atoms with Gasteiger partial charge in [0.05, 0.1) is 17.0 Å². The summed E-state index contributed by atoms with van der Waals surface area (Å²) < 4.78 is 0.714. The van der Waals surface area contributed by atoms with Gasteiger partial charge in [-0.2, -0.15) is 0 Å². The monoisotopic (exact) mass is 378 g/mol. The highest BCUT2D eigenvalue weighted by molar-refractivity contribution is 9.10. The van der Waals surface area contributed by atoms with Crippen molar-refractivity contribution in [3.63, 3.8) is 0 Å². The molecule has 120 valence electrons. The van der Waals surface area contributed by atoms with Crippen LogP contribution in [0.2, 0.25) is 0 Å². The van der Waals surface area contributed by atoms with E-state index in [4.69, 9.17) is 5.11 Å². The van der Waals surface area contributed by atoms with Gasteiger partial charge in [0.25, 0.3) is 5.91 Å². The Kier molecular flexibility index (Phi) is 4.21. The molecule has 0 unspecified atom stereocenters. The molecule has 1 amide bonds. The number of carboxylic acid groups (broad SMARTS) is 1. The number of para-hydroxylation sites is 1. The smallest absolute Gasteiger partial charge is 0.306 e. The molecule has 23 heavy (non-hydrogen) atoms. The second-order valence-electron chi connectivity index (χ2n) is 5.61. The molecule has 6 nitrogen and oxygen atoms in total. The SMILES string of the molecule is O=C(O)C1CCN(C(=O)c2cc(=O)[nH]c3c(Br)cccc23)CC1. The van der Waals surface area contributed by atoms with Crippen LogP contribution in [0.5, 0.6) is 0 Å². The predicted octanol–water partition coefficient (Wildman–Crippen LogP) is 2.23. The van der Waals surface area contributed by atoms with E-state index in [1.54, 1.807) is 23.1 Å². The van der Waals surface area contributed by atoms with Crippen LogP contribution in [-0.4, -0.2) is 40.0 Å². The fraction of sp³-hybridized carbons (Fsp3) is 0.312. The molecule has 2 heterocycles. The van der Waals surface area contributed by atoms with E-state index < -0.39 is 11.9 Å². The van der Waals surface area contributed by atoms with Crippen LogP contribution < -0.4 is 5.56 Å². The Bertz CT molecular complexity index is 838. The second kappa shape index (κ2) is 6.16. The minimum Gasteiger partial charge on any atom is -0.481 e. The Morgan fingerprint density at radius 1 is 1.26 bits per heavy atom. The lowest BCUT2D eigenvalue weighted by atomic mass is 9.96. The molecule has 7 heteroatoms. The van der Waals surface area contributed by atoms with Crippen molar-refractivity contribution in [1.82, 2.24) is 9.88 Å². The number of aromatic nitrogens is 1. The number of fused-ring (bicyclic) bond motifs is 1. The first kappa shape index (κ1) is 15.7. The number of carbonyl (C=O) groups excluding carboxylic acids is 1. The highest BCUT2D eigenvalue weighted by Gasteiger charge is 2.28. The standard InChI is InChI=1S/C16H15BrN2O4/c17-12-3-1-2-10-11(8-13(20)18-14(10)12)15(21)19-6-4-9(5-7-19)16(22)23/h1-3,8-9H,4-7H2,(H,18,20)(H,22,23). The van der Waals surface area contributed by atoms with E-state index in [1.807, 2.05) is 0 Å². The first-order valence-corrected chi connectivity index (χ1v) is 8.10. The van der Waals surface area contributed by atoms with E-state index in [-0.39, 0.29) is 11.5 Å². The third-order valence-electron chi connectivity index (χ3n) is 4.19. The van der Waals surface area contributed by atoms with Crippen LogP contribution in [0, 0.1) is 5.92 Å². The predicted molar refractivity (Wildman–Crippen MR) is 88.5 cm³/mol. The van der Waals surface area contributed by atoms with Gasteiger partial charge in [-0.3, -0.25) is 14.4 Å². The average molecular weight is 379 g/mol. The minimum absolute atomic E-state index is 0.233. The summed E-state index contributed by atoms with van der Waals surface area (Å²) in [5.41, 5.74) is 0.593. The second-order valence-corrected chi connectivity index (χ2v) is 6.47. The summed E-state index contributed by atoms with van der Waals surface area (Å²) in [5, 5.41) is 9.70. The van der Waals surface area contributed by atoms with E-state index >= 15 is 0 Å². The van der Waals surface area contributed by atoms with Crippen molar-refractivity contribution in [3.05, 3.63) is 44.7 Å². The molecular formula is C16H15BrN2O4. The lowest BCUT2D eigenvalue weighted by molar-refractivity contribution is -0.143. The average Bonchev–Trinajstić information content (AvgIpc) is 2.54. The molecule has 0 aliphatic carbocycles.